The molecule has 0 aliphatic rings. The maximum atomic E-state index is 12.0. The van der Waals surface area contributed by atoms with Crippen molar-refractivity contribution in [1.82, 2.24) is 15.1 Å². The number of carbonyl (C=O) groups is 1. The molecule has 7 heteroatoms. The van der Waals surface area contributed by atoms with E-state index in [1.54, 1.807) is 17.8 Å². The molecule has 0 unspecified atom stereocenters. The van der Waals surface area contributed by atoms with Gasteiger partial charge < -0.3 is 10.6 Å². The topological polar surface area (TPSA) is 59.0 Å². The van der Waals surface area contributed by atoms with E-state index in [-0.39, 0.29) is 18.5 Å². The fourth-order valence-electron chi connectivity index (χ4n) is 2.13. The van der Waals surface area contributed by atoms with Crippen molar-refractivity contribution in [2.24, 2.45) is 7.05 Å². The monoisotopic (exact) mass is 340 g/mol. The molecule has 1 aromatic carbocycles. The Morgan fingerprint density at radius 3 is 2.77 bits per heavy atom. The Labute approximate surface area is 139 Å². The molecular formula is C15H18Cl2N4O. The Balaban J connectivity index is 1.93. The van der Waals surface area contributed by atoms with E-state index in [4.69, 9.17) is 23.2 Å². The molecule has 22 heavy (non-hydrogen) atoms. The van der Waals surface area contributed by atoms with Gasteiger partial charge in [-0.15, -0.1) is 0 Å². The van der Waals surface area contributed by atoms with Crippen molar-refractivity contribution in [3.05, 3.63) is 45.6 Å². The first-order valence-electron chi connectivity index (χ1n) is 6.86. The zero-order chi connectivity index (χ0) is 16.3. The van der Waals surface area contributed by atoms with Crippen LogP contribution in [0.1, 0.15) is 24.2 Å². The summed E-state index contributed by atoms with van der Waals surface area (Å²) in [6.07, 6.45) is 0. The van der Waals surface area contributed by atoms with Gasteiger partial charge in [-0.25, -0.2) is 0 Å². The number of benzene rings is 1. The lowest BCUT2D eigenvalue weighted by molar-refractivity contribution is -0.115. The third kappa shape index (κ3) is 4.00. The molecule has 1 amide bonds. The Bertz CT molecular complexity index is 684. The molecule has 1 atom stereocenters. The molecule has 5 nitrogen and oxygen atoms in total. The van der Waals surface area contributed by atoms with Gasteiger partial charge in [0.2, 0.25) is 5.91 Å². The van der Waals surface area contributed by atoms with E-state index in [0.717, 1.165) is 11.3 Å². The van der Waals surface area contributed by atoms with Crippen LogP contribution in [-0.4, -0.2) is 22.2 Å². The van der Waals surface area contributed by atoms with Crippen LogP contribution in [0.4, 0.5) is 5.82 Å². The predicted octanol–water partition coefficient (Wildman–Crippen LogP) is 3.32. The molecule has 0 bridgehead atoms. The second kappa shape index (κ2) is 7.13. The van der Waals surface area contributed by atoms with Gasteiger partial charge in [0, 0.05) is 19.2 Å². The van der Waals surface area contributed by atoms with Gasteiger partial charge >= 0.3 is 0 Å². The van der Waals surface area contributed by atoms with Crippen LogP contribution in [0.2, 0.25) is 10.0 Å². The van der Waals surface area contributed by atoms with Gasteiger partial charge in [0.15, 0.2) is 0 Å². The SMILES string of the molecule is Cc1cc(NC(=O)CN[C@@H](C)c2cccc(Cl)c2Cl)n(C)n1. The highest BCUT2D eigenvalue weighted by Crippen LogP contribution is 2.29. The number of carbonyl (C=O) groups excluding carboxylic acids is 1. The third-order valence-corrected chi connectivity index (χ3v) is 4.12. The van der Waals surface area contributed by atoms with E-state index >= 15 is 0 Å². The normalized spacial score (nSPS) is 12.2. The molecular weight excluding hydrogens is 323 g/mol. The lowest BCUT2D eigenvalue weighted by atomic mass is 10.1. The van der Waals surface area contributed by atoms with Crippen molar-refractivity contribution < 1.29 is 4.79 Å². The van der Waals surface area contributed by atoms with Gasteiger partial charge in [-0.2, -0.15) is 5.10 Å². The number of anilines is 1. The lowest BCUT2D eigenvalue weighted by Gasteiger charge is -2.16. The van der Waals surface area contributed by atoms with Crippen LogP contribution in [-0.2, 0) is 11.8 Å². The summed E-state index contributed by atoms with van der Waals surface area (Å²) in [5.41, 5.74) is 1.71. The van der Waals surface area contributed by atoms with Gasteiger partial charge in [-0.05, 0) is 25.5 Å². The maximum absolute atomic E-state index is 12.0. The van der Waals surface area contributed by atoms with Gasteiger partial charge in [0.1, 0.15) is 5.82 Å². The number of rotatable bonds is 5. The Hall–Kier alpha value is -1.56. The fraction of sp³-hybridized carbons (Fsp3) is 0.333. The number of halogens is 2. The molecule has 0 aliphatic carbocycles. The highest BCUT2D eigenvalue weighted by molar-refractivity contribution is 6.42. The number of hydrogen-bond donors (Lipinski definition) is 2. The summed E-state index contributed by atoms with van der Waals surface area (Å²) in [4.78, 5) is 12.0. The first kappa shape index (κ1) is 16.8. The smallest absolute Gasteiger partial charge is 0.239 e. The number of aromatic nitrogens is 2. The summed E-state index contributed by atoms with van der Waals surface area (Å²) >= 11 is 12.2. The molecule has 0 fully saturated rings. The van der Waals surface area contributed by atoms with E-state index in [1.165, 1.54) is 0 Å². The van der Waals surface area contributed by atoms with Crippen molar-refractivity contribution in [3.8, 4) is 0 Å². The Kier molecular flexibility index (Phi) is 5.45. The molecule has 0 spiro atoms. The van der Waals surface area contributed by atoms with Crippen LogP contribution in [0.25, 0.3) is 0 Å². The van der Waals surface area contributed by atoms with Crippen LogP contribution in [0, 0.1) is 6.92 Å². The molecule has 2 aromatic rings. The van der Waals surface area contributed by atoms with Crippen molar-refractivity contribution in [3.63, 3.8) is 0 Å². The third-order valence-electron chi connectivity index (χ3n) is 3.29. The maximum Gasteiger partial charge on any atom is 0.239 e. The largest absolute Gasteiger partial charge is 0.310 e. The standard InChI is InChI=1S/C15H18Cl2N4O/c1-9-7-13(21(3)20-9)19-14(22)8-18-10(2)11-5-4-6-12(16)15(11)17/h4-7,10,18H,8H2,1-3H3,(H,19,22)/t10-/m0/s1. The predicted molar refractivity (Wildman–Crippen MR) is 89.5 cm³/mol. The van der Waals surface area contributed by atoms with E-state index in [9.17, 15) is 4.79 Å². The summed E-state index contributed by atoms with van der Waals surface area (Å²) in [7, 11) is 1.78. The molecule has 0 aliphatic heterocycles. The lowest BCUT2D eigenvalue weighted by Crippen LogP contribution is -2.30. The quantitative estimate of drug-likeness (QED) is 0.877. The summed E-state index contributed by atoms with van der Waals surface area (Å²) in [6.45, 7) is 3.96. The summed E-state index contributed by atoms with van der Waals surface area (Å²) in [5, 5.41) is 11.1. The number of nitrogens with one attached hydrogen (secondary N) is 2. The van der Waals surface area contributed by atoms with Crippen molar-refractivity contribution in [2.45, 2.75) is 19.9 Å². The van der Waals surface area contributed by atoms with Crippen LogP contribution >= 0.6 is 23.2 Å². The number of hydrogen-bond acceptors (Lipinski definition) is 3. The Morgan fingerprint density at radius 1 is 1.41 bits per heavy atom. The zero-order valence-corrected chi connectivity index (χ0v) is 14.2. The highest BCUT2D eigenvalue weighted by Gasteiger charge is 2.13. The van der Waals surface area contributed by atoms with Crippen LogP contribution < -0.4 is 10.6 Å². The molecule has 0 saturated heterocycles. The van der Waals surface area contributed by atoms with Crippen molar-refractivity contribution in [1.29, 1.82) is 0 Å². The van der Waals surface area contributed by atoms with Gasteiger partial charge in [0.25, 0.3) is 0 Å². The first-order chi connectivity index (χ1) is 10.4. The van der Waals surface area contributed by atoms with E-state index < -0.39 is 0 Å². The second-order valence-electron chi connectivity index (χ2n) is 5.09. The fourth-order valence-corrected chi connectivity index (χ4v) is 2.60. The van der Waals surface area contributed by atoms with Crippen LogP contribution in [0.3, 0.4) is 0 Å². The minimum Gasteiger partial charge on any atom is -0.310 e. The van der Waals surface area contributed by atoms with Gasteiger partial charge in [-0.1, -0.05) is 35.3 Å². The summed E-state index contributed by atoms with van der Waals surface area (Å²) < 4.78 is 1.63. The van der Waals surface area contributed by atoms with Crippen LogP contribution in [0.15, 0.2) is 24.3 Å². The Morgan fingerprint density at radius 2 is 2.14 bits per heavy atom. The van der Waals surface area contributed by atoms with Crippen molar-refractivity contribution >= 4 is 34.9 Å². The minimum absolute atomic E-state index is 0.0924. The number of aryl methyl sites for hydroxylation is 2. The molecule has 2 rings (SSSR count). The van der Waals surface area contributed by atoms with E-state index in [2.05, 4.69) is 15.7 Å². The van der Waals surface area contributed by atoms with E-state index in [0.29, 0.717) is 15.9 Å². The second-order valence-corrected chi connectivity index (χ2v) is 5.87. The van der Waals surface area contributed by atoms with Crippen LogP contribution in [0.5, 0.6) is 0 Å². The molecule has 118 valence electrons. The molecule has 2 N–H and O–H groups in total. The molecule has 1 heterocycles. The first-order valence-corrected chi connectivity index (χ1v) is 7.62. The molecule has 1 aromatic heterocycles. The average molecular weight is 341 g/mol. The average Bonchev–Trinajstić information content (AvgIpc) is 2.77. The summed E-state index contributed by atoms with van der Waals surface area (Å²) in [6, 6.07) is 7.17. The van der Waals surface area contributed by atoms with Gasteiger partial charge in [-0.3, -0.25) is 9.48 Å². The zero-order valence-electron chi connectivity index (χ0n) is 12.7. The summed E-state index contributed by atoms with van der Waals surface area (Å²) in [5.74, 6) is 0.519. The number of amides is 1. The number of nitrogens with zero attached hydrogens (tertiary/aromatic N) is 2. The molecule has 0 radical (unpaired) electrons. The molecule has 0 saturated carbocycles. The van der Waals surface area contributed by atoms with Crippen molar-refractivity contribution in [2.75, 3.05) is 11.9 Å². The minimum atomic E-state index is -0.145. The van der Waals surface area contributed by atoms with Gasteiger partial charge in [0.05, 0.1) is 22.3 Å². The van der Waals surface area contributed by atoms with E-state index in [1.807, 2.05) is 32.0 Å². The highest BCUT2D eigenvalue weighted by atomic mass is 35.5.